The third-order valence-corrected chi connectivity index (χ3v) is 6.94. The first-order valence-corrected chi connectivity index (χ1v) is 11.6. The highest BCUT2D eigenvalue weighted by atomic mass is 79.9. The van der Waals surface area contributed by atoms with Crippen molar-refractivity contribution in [3.63, 3.8) is 0 Å². The van der Waals surface area contributed by atoms with E-state index >= 15 is 0 Å². The number of nitro groups is 1. The smallest absolute Gasteiger partial charge is 0.296 e. The largest absolute Gasteiger partial charge is 0.379 e. The van der Waals surface area contributed by atoms with E-state index < -0.39 is 15.0 Å². The van der Waals surface area contributed by atoms with Gasteiger partial charge in [0.2, 0.25) is 0 Å². The normalized spacial score (nSPS) is 19.2. The molecule has 156 valence electrons. The lowest BCUT2D eigenvalue weighted by atomic mass is 10.1. The summed E-state index contributed by atoms with van der Waals surface area (Å²) in [5.41, 5.74) is 1.50. The van der Waals surface area contributed by atoms with Crippen molar-refractivity contribution in [2.45, 2.75) is 31.1 Å². The van der Waals surface area contributed by atoms with E-state index in [9.17, 15) is 18.5 Å². The van der Waals surface area contributed by atoms with Crippen LogP contribution >= 0.6 is 15.9 Å². The van der Waals surface area contributed by atoms with E-state index in [1.165, 1.54) is 6.07 Å². The van der Waals surface area contributed by atoms with Gasteiger partial charge in [0.25, 0.3) is 15.8 Å². The van der Waals surface area contributed by atoms with E-state index in [1.54, 1.807) is 36.4 Å². The van der Waals surface area contributed by atoms with Gasteiger partial charge in [-0.1, -0.05) is 33.6 Å². The highest BCUT2D eigenvalue weighted by Crippen LogP contribution is 2.34. The average molecular weight is 483 g/mol. The maximum absolute atomic E-state index is 12.3. The zero-order valence-electron chi connectivity index (χ0n) is 16.0. The quantitative estimate of drug-likeness (QED) is 0.326. The van der Waals surface area contributed by atoms with Crippen LogP contribution in [0.4, 0.5) is 11.4 Å². The second-order valence-electron chi connectivity index (χ2n) is 7.40. The maximum Gasteiger partial charge on any atom is 0.296 e. The Morgan fingerprint density at radius 1 is 1.17 bits per heavy atom. The van der Waals surface area contributed by atoms with Gasteiger partial charge in [0.05, 0.1) is 16.4 Å². The van der Waals surface area contributed by atoms with Gasteiger partial charge in [-0.25, -0.2) is 0 Å². The fraction of sp³-hybridized carbons (Fsp3) is 0.400. The Kier molecular flexibility index (Phi) is 6.92. The minimum absolute atomic E-state index is 0.0373. The highest BCUT2D eigenvalue weighted by molar-refractivity contribution is 9.10. The van der Waals surface area contributed by atoms with Crippen LogP contribution in [0.25, 0.3) is 0 Å². The van der Waals surface area contributed by atoms with Crippen LogP contribution in [0.15, 0.2) is 51.8 Å². The molecule has 0 amide bonds. The van der Waals surface area contributed by atoms with Crippen molar-refractivity contribution in [1.82, 2.24) is 0 Å². The lowest BCUT2D eigenvalue weighted by Crippen LogP contribution is -2.15. The number of hydrogen-bond acceptors (Lipinski definition) is 6. The molecule has 2 atom stereocenters. The summed E-state index contributed by atoms with van der Waals surface area (Å²) in [7, 11) is -3.75. The molecule has 0 aromatic heterocycles. The van der Waals surface area contributed by atoms with Gasteiger partial charge in [-0.05, 0) is 62.3 Å². The molecule has 1 aliphatic rings. The second kappa shape index (κ2) is 9.23. The monoisotopic (exact) mass is 482 g/mol. The predicted octanol–water partition coefficient (Wildman–Crippen LogP) is 4.90. The van der Waals surface area contributed by atoms with Gasteiger partial charge in [-0.3, -0.25) is 14.3 Å². The van der Waals surface area contributed by atoms with E-state index in [1.807, 2.05) is 6.92 Å². The first kappa shape index (κ1) is 21.7. The summed E-state index contributed by atoms with van der Waals surface area (Å²) in [6.45, 7) is 2.65. The van der Waals surface area contributed by atoms with Crippen molar-refractivity contribution in [3.8, 4) is 0 Å². The number of hydrogen-bond donors (Lipinski definition) is 1. The Balaban J connectivity index is 1.51. The summed E-state index contributed by atoms with van der Waals surface area (Å²) >= 11 is 3.33. The number of benzene rings is 2. The molecule has 0 saturated heterocycles. The minimum atomic E-state index is -3.75. The van der Waals surface area contributed by atoms with Gasteiger partial charge in [0, 0.05) is 17.1 Å². The van der Waals surface area contributed by atoms with Crippen LogP contribution in [0, 0.1) is 28.9 Å². The number of rotatable bonds is 8. The summed E-state index contributed by atoms with van der Waals surface area (Å²) < 4.78 is 30.7. The summed E-state index contributed by atoms with van der Waals surface area (Å²) in [6.07, 6.45) is 2.61. The number of nitrogens with zero attached hydrogens (tertiary/aromatic N) is 1. The van der Waals surface area contributed by atoms with Crippen LogP contribution in [0.5, 0.6) is 0 Å². The number of aryl methyl sites for hydroxylation is 1. The molecule has 1 aliphatic carbocycles. The Hall–Kier alpha value is -1.97. The first-order chi connectivity index (χ1) is 13.7. The number of nitrogens with one attached hydrogen (secondary N) is 1. The van der Waals surface area contributed by atoms with E-state index in [2.05, 4.69) is 21.2 Å². The molecule has 29 heavy (non-hydrogen) atoms. The topological polar surface area (TPSA) is 98.5 Å². The van der Waals surface area contributed by atoms with Gasteiger partial charge in [-0.15, -0.1) is 0 Å². The van der Waals surface area contributed by atoms with Gasteiger partial charge in [0.15, 0.2) is 0 Å². The van der Waals surface area contributed by atoms with Crippen LogP contribution in [0.2, 0.25) is 0 Å². The Bertz CT molecular complexity index is 979. The molecule has 1 saturated carbocycles. The van der Waals surface area contributed by atoms with Crippen molar-refractivity contribution in [3.05, 3.63) is 62.6 Å². The lowest BCUT2D eigenvalue weighted by molar-refractivity contribution is -0.384. The van der Waals surface area contributed by atoms with E-state index in [4.69, 9.17) is 4.18 Å². The third kappa shape index (κ3) is 5.77. The van der Waals surface area contributed by atoms with E-state index in [-0.39, 0.29) is 23.1 Å². The predicted molar refractivity (Wildman–Crippen MR) is 114 cm³/mol. The molecule has 0 aliphatic heterocycles. The van der Waals surface area contributed by atoms with Gasteiger partial charge < -0.3 is 5.32 Å². The summed E-state index contributed by atoms with van der Waals surface area (Å²) in [5.74, 6) is 0.462. The van der Waals surface area contributed by atoms with Crippen LogP contribution in [0.3, 0.4) is 0 Å². The molecule has 2 aromatic carbocycles. The minimum Gasteiger partial charge on any atom is -0.379 e. The summed E-state index contributed by atoms with van der Waals surface area (Å²) in [4.78, 5) is 10.9. The molecule has 3 rings (SSSR count). The summed E-state index contributed by atoms with van der Waals surface area (Å²) in [5, 5.41) is 14.3. The van der Waals surface area contributed by atoms with Gasteiger partial charge >= 0.3 is 0 Å². The van der Waals surface area contributed by atoms with Crippen molar-refractivity contribution in [1.29, 1.82) is 0 Å². The van der Waals surface area contributed by atoms with Crippen LogP contribution in [-0.4, -0.2) is 26.5 Å². The van der Waals surface area contributed by atoms with Crippen LogP contribution in [-0.2, 0) is 14.3 Å². The molecule has 0 unspecified atom stereocenters. The Labute approximate surface area is 178 Å². The fourth-order valence-corrected chi connectivity index (χ4v) is 4.88. The van der Waals surface area contributed by atoms with E-state index in [0.29, 0.717) is 18.2 Å². The molecule has 1 N–H and O–H groups in total. The zero-order chi connectivity index (χ0) is 21.0. The first-order valence-electron chi connectivity index (χ1n) is 9.38. The SMILES string of the molecule is Cc1ccc(S(=O)(=O)OC[C@H]2CC[C@@H](CNc3cc(Br)ccc3[N+](=O)[O-])C2)cc1. The maximum atomic E-state index is 12.3. The van der Waals surface area contributed by atoms with Crippen molar-refractivity contribution < 1.29 is 17.5 Å². The number of nitro benzene ring substituents is 1. The van der Waals surface area contributed by atoms with Crippen molar-refractivity contribution in [2.75, 3.05) is 18.5 Å². The molecule has 1 fully saturated rings. The molecule has 0 spiro atoms. The molecular weight excluding hydrogens is 460 g/mol. The molecule has 2 aromatic rings. The van der Waals surface area contributed by atoms with Crippen molar-refractivity contribution >= 4 is 37.4 Å². The summed E-state index contributed by atoms with van der Waals surface area (Å²) in [6, 6.07) is 11.4. The molecule has 9 heteroatoms. The molecule has 0 heterocycles. The fourth-order valence-electron chi connectivity index (χ4n) is 3.54. The highest BCUT2D eigenvalue weighted by Gasteiger charge is 2.27. The van der Waals surface area contributed by atoms with Gasteiger partial charge in [-0.2, -0.15) is 8.42 Å². The lowest BCUT2D eigenvalue weighted by Gasteiger charge is -2.14. The van der Waals surface area contributed by atoms with Crippen LogP contribution < -0.4 is 5.32 Å². The third-order valence-electron chi connectivity index (χ3n) is 5.15. The molecule has 0 bridgehead atoms. The van der Waals surface area contributed by atoms with Crippen LogP contribution in [0.1, 0.15) is 24.8 Å². The van der Waals surface area contributed by atoms with Crippen molar-refractivity contribution in [2.24, 2.45) is 11.8 Å². The van der Waals surface area contributed by atoms with Gasteiger partial charge in [0.1, 0.15) is 5.69 Å². The van der Waals surface area contributed by atoms with E-state index in [0.717, 1.165) is 29.3 Å². The standard InChI is InChI=1S/C20H23BrN2O5S/c1-14-2-7-18(8-3-14)29(26,27)28-13-16-5-4-15(10-16)12-22-19-11-17(21)6-9-20(19)23(24)25/h2-3,6-9,11,15-16,22H,4-5,10,12-13H2,1H3/t15-,16+/m1/s1. The molecule has 7 nitrogen and oxygen atoms in total. The Morgan fingerprint density at radius 3 is 2.55 bits per heavy atom. The molecular formula is C20H23BrN2O5S. The second-order valence-corrected chi connectivity index (χ2v) is 9.93. The number of halogens is 1. The average Bonchev–Trinajstić information content (AvgIpc) is 3.13. The zero-order valence-corrected chi connectivity index (χ0v) is 18.4. The Morgan fingerprint density at radius 2 is 1.86 bits per heavy atom. The molecule has 0 radical (unpaired) electrons. The number of anilines is 1.